The highest BCUT2D eigenvalue weighted by Gasteiger charge is 2.35. The second kappa shape index (κ2) is 12.5. The number of carbonyl (C=O) groups is 4. The molecule has 1 aliphatic rings. The van der Waals surface area contributed by atoms with Gasteiger partial charge in [0, 0.05) is 43.7 Å². The fourth-order valence-corrected chi connectivity index (χ4v) is 4.58. The average Bonchev–Trinajstić information content (AvgIpc) is 3.29. The molecule has 1 aromatic rings. The molecule has 36 heavy (non-hydrogen) atoms. The molecule has 1 aliphatic heterocycles. The monoisotopic (exact) mass is 522 g/mol. The third-order valence-corrected chi connectivity index (χ3v) is 6.32. The molecule has 0 spiro atoms. The molecular formula is C23H34N6O6S. The maximum Gasteiger partial charge on any atom is 0.407 e. The molecule has 0 aliphatic carbocycles. The molecule has 0 aromatic carbocycles. The highest BCUT2D eigenvalue weighted by Crippen LogP contribution is 2.29. The lowest BCUT2D eigenvalue weighted by atomic mass is 9.97. The van der Waals surface area contributed by atoms with Gasteiger partial charge in [0.25, 0.3) is 17.7 Å². The Morgan fingerprint density at radius 1 is 1.17 bits per heavy atom. The van der Waals surface area contributed by atoms with Crippen molar-refractivity contribution < 1.29 is 29.0 Å². The molecule has 13 heteroatoms. The fourth-order valence-electron chi connectivity index (χ4n) is 3.72. The summed E-state index contributed by atoms with van der Waals surface area (Å²) < 4.78 is 4.83. The number of piperidine rings is 1. The summed E-state index contributed by atoms with van der Waals surface area (Å²) in [6, 6.07) is -0.0971. The zero-order valence-corrected chi connectivity index (χ0v) is 21.9. The molecule has 4 amide bonds. The van der Waals surface area contributed by atoms with Gasteiger partial charge in [0.2, 0.25) is 0 Å². The minimum Gasteiger partial charge on any atom is -0.465 e. The summed E-state index contributed by atoms with van der Waals surface area (Å²) in [7, 11) is 1.49. The minimum absolute atomic E-state index is 0.0971. The third kappa shape index (κ3) is 7.78. The first-order chi connectivity index (χ1) is 16.8. The first-order valence-electron chi connectivity index (χ1n) is 11.4. The Kier molecular flexibility index (Phi) is 9.99. The van der Waals surface area contributed by atoms with Crippen LogP contribution in [0.1, 0.15) is 44.1 Å². The number of nitrogens with zero attached hydrogens (tertiary/aromatic N) is 3. The molecule has 4 N–H and O–H groups in total. The number of anilines is 1. The number of aromatic nitrogens is 1. The standard InChI is InChI=1S/C23H34N6O6S/c1-14(18(30)24-9-12-35-6)25-19(31)15(2)26-20(32)17-13-36-21(27-17)28-10-7-16(8-11-28)29(22(33)34)23(3,4)5/h13,16H,1-2,7-12H2,3-6H3,(H,24,30)(H,25,31)(H,26,32)(H,33,34). The Balaban J connectivity index is 1.89. The summed E-state index contributed by atoms with van der Waals surface area (Å²) in [5, 5.41) is 19.0. The van der Waals surface area contributed by atoms with Gasteiger partial charge < -0.3 is 35.6 Å². The van der Waals surface area contributed by atoms with Crippen molar-refractivity contribution in [1.82, 2.24) is 25.8 Å². The van der Waals surface area contributed by atoms with Gasteiger partial charge >= 0.3 is 6.09 Å². The fraction of sp³-hybridized carbons (Fsp3) is 0.522. The lowest BCUT2D eigenvalue weighted by Crippen LogP contribution is -2.54. The lowest BCUT2D eigenvalue weighted by molar-refractivity contribution is -0.121. The van der Waals surface area contributed by atoms with Gasteiger partial charge in [-0.2, -0.15) is 0 Å². The second-order valence-corrected chi connectivity index (χ2v) is 10.0. The van der Waals surface area contributed by atoms with E-state index in [9.17, 15) is 24.3 Å². The molecule has 0 unspecified atom stereocenters. The first kappa shape index (κ1) is 28.8. The van der Waals surface area contributed by atoms with Crippen molar-refractivity contribution >= 4 is 40.3 Å². The molecule has 0 atom stereocenters. The van der Waals surface area contributed by atoms with Crippen LogP contribution in [0.2, 0.25) is 0 Å². The number of rotatable bonds is 10. The van der Waals surface area contributed by atoms with E-state index in [0.29, 0.717) is 37.7 Å². The van der Waals surface area contributed by atoms with Gasteiger partial charge in [-0.1, -0.05) is 13.2 Å². The number of carboxylic acid groups (broad SMARTS) is 1. The van der Waals surface area contributed by atoms with Crippen LogP contribution in [-0.2, 0) is 14.3 Å². The summed E-state index contributed by atoms with van der Waals surface area (Å²) in [6.45, 7) is 14.4. The Morgan fingerprint density at radius 3 is 2.33 bits per heavy atom. The smallest absolute Gasteiger partial charge is 0.407 e. The van der Waals surface area contributed by atoms with Crippen LogP contribution in [-0.4, -0.2) is 83.7 Å². The van der Waals surface area contributed by atoms with Crippen LogP contribution in [0.4, 0.5) is 9.93 Å². The van der Waals surface area contributed by atoms with Crippen LogP contribution >= 0.6 is 11.3 Å². The zero-order valence-electron chi connectivity index (χ0n) is 21.0. The molecular weight excluding hydrogens is 488 g/mol. The number of thiazole rings is 1. The van der Waals surface area contributed by atoms with Crippen molar-refractivity contribution in [2.75, 3.05) is 38.3 Å². The quantitative estimate of drug-likeness (QED) is 0.267. The van der Waals surface area contributed by atoms with E-state index in [0.717, 1.165) is 0 Å². The molecule has 1 saturated heterocycles. The van der Waals surface area contributed by atoms with Gasteiger partial charge in [0.1, 0.15) is 5.69 Å². The molecule has 1 aromatic heterocycles. The summed E-state index contributed by atoms with van der Waals surface area (Å²) in [5.74, 6) is -1.98. The topological polar surface area (TPSA) is 153 Å². The van der Waals surface area contributed by atoms with E-state index in [1.165, 1.54) is 23.3 Å². The first-order valence-corrected chi connectivity index (χ1v) is 12.2. The van der Waals surface area contributed by atoms with Crippen LogP contribution < -0.4 is 20.9 Å². The van der Waals surface area contributed by atoms with Crippen LogP contribution in [0.5, 0.6) is 0 Å². The lowest BCUT2D eigenvalue weighted by Gasteiger charge is -2.43. The predicted octanol–water partition coefficient (Wildman–Crippen LogP) is 1.53. The maximum atomic E-state index is 12.6. The van der Waals surface area contributed by atoms with Crippen molar-refractivity contribution in [3.63, 3.8) is 0 Å². The SMILES string of the molecule is C=C(NC(=O)C(=C)NC(=O)c1csc(N2CCC(N(C(=O)O)C(C)(C)C)CC2)n1)C(=O)NCCOC. The number of hydrogen-bond acceptors (Lipinski definition) is 8. The van der Waals surface area contributed by atoms with Gasteiger partial charge in [0.15, 0.2) is 5.13 Å². The summed E-state index contributed by atoms with van der Waals surface area (Å²) in [5.41, 5.74) is -0.847. The predicted molar refractivity (Wildman–Crippen MR) is 136 cm³/mol. The van der Waals surface area contributed by atoms with Gasteiger partial charge in [-0.25, -0.2) is 9.78 Å². The van der Waals surface area contributed by atoms with Crippen LogP contribution in [0.15, 0.2) is 29.9 Å². The Labute approximate surface area is 214 Å². The molecule has 0 radical (unpaired) electrons. The molecule has 1 fully saturated rings. The average molecular weight is 523 g/mol. The number of amides is 4. The van der Waals surface area contributed by atoms with E-state index in [1.807, 2.05) is 25.7 Å². The van der Waals surface area contributed by atoms with Gasteiger partial charge in [-0.15, -0.1) is 11.3 Å². The highest BCUT2D eigenvalue weighted by molar-refractivity contribution is 7.13. The van der Waals surface area contributed by atoms with Gasteiger partial charge in [0.05, 0.1) is 18.0 Å². The highest BCUT2D eigenvalue weighted by atomic mass is 32.1. The summed E-state index contributed by atoms with van der Waals surface area (Å²) in [4.78, 5) is 56.3. The van der Waals surface area contributed by atoms with E-state index >= 15 is 0 Å². The largest absolute Gasteiger partial charge is 0.465 e. The van der Waals surface area contributed by atoms with E-state index in [-0.39, 0.29) is 29.7 Å². The minimum atomic E-state index is -0.936. The Morgan fingerprint density at radius 2 is 1.78 bits per heavy atom. The summed E-state index contributed by atoms with van der Waals surface area (Å²) in [6.07, 6.45) is 0.351. The van der Waals surface area contributed by atoms with Crippen LogP contribution in [0, 0.1) is 0 Å². The number of methoxy groups -OCH3 is 1. The maximum absolute atomic E-state index is 12.6. The van der Waals surface area contributed by atoms with Crippen molar-refractivity contribution in [2.24, 2.45) is 0 Å². The molecule has 12 nitrogen and oxygen atoms in total. The van der Waals surface area contributed by atoms with Crippen LogP contribution in [0.3, 0.4) is 0 Å². The molecule has 2 rings (SSSR count). The number of carbonyl (C=O) groups excluding carboxylic acids is 3. The second-order valence-electron chi connectivity index (χ2n) is 9.17. The van der Waals surface area contributed by atoms with Crippen LogP contribution in [0.25, 0.3) is 0 Å². The van der Waals surface area contributed by atoms with E-state index in [4.69, 9.17) is 4.74 Å². The third-order valence-electron chi connectivity index (χ3n) is 5.42. The molecule has 0 saturated carbocycles. The van der Waals surface area contributed by atoms with Crippen molar-refractivity contribution in [3.8, 4) is 0 Å². The van der Waals surface area contributed by atoms with Gasteiger partial charge in [-0.05, 0) is 33.6 Å². The normalized spacial score (nSPS) is 14.1. The summed E-state index contributed by atoms with van der Waals surface area (Å²) >= 11 is 1.28. The Hall–Kier alpha value is -3.45. The molecule has 198 valence electrons. The van der Waals surface area contributed by atoms with Crippen molar-refractivity contribution in [2.45, 2.75) is 45.2 Å². The number of hydrogen-bond donors (Lipinski definition) is 4. The van der Waals surface area contributed by atoms with E-state index in [2.05, 4.69) is 34.1 Å². The zero-order chi connectivity index (χ0) is 27.0. The van der Waals surface area contributed by atoms with E-state index < -0.39 is 29.4 Å². The molecule has 0 bridgehead atoms. The van der Waals surface area contributed by atoms with Gasteiger partial charge in [-0.3, -0.25) is 14.4 Å². The Bertz CT molecular complexity index is 1010. The number of nitrogens with one attached hydrogen (secondary N) is 3. The van der Waals surface area contributed by atoms with E-state index in [1.54, 1.807) is 5.38 Å². The van der Waals surface area contributed by atoms with Crippen molar-refractivity contribution in [1.29, 1.82) is 0 Å². The molecule has 2 heterocycles. The van der Waals surface area contributed by atoms with Crippen molar-refractivity contribution in [3.05, 3.63) is 35.6 Å². The number of ether oxygens (including phenoxy) is 1.